The van der Waals surface area contributed by atoms with Crippen LogP contribution in [0.4, 0.5) is 0 Å². The molecule has 1 unspecified atom stereocenters. The van der Waals surface area contributed by atoms with Crippen molar-refractivity contribution >= 4 is 11.0 Å². The van der Waals surface area contributed by atoms with E-state index < -0.39 is 0 Å². The van der Waals surface area contributed by atoms with Crippen molar-refractivity contribution in [1.29, 1.82) is 0 Å². The molecule has 3 N–H and O–H groups in total. The van der Waals surface area contributed by atoms with E-state index in [-0.39, 0.29) is 0 Å². The number of aromatic nitrogens is 2. The number of para-hydroxylation sites is 2. The SMILES string of the molecule is NCC(c1nc2ccccc2[nH]1)C1CCN(Cc2ccccc2)CC1. The van der Waals surface area contributed by atoms with Crippen LogP contribution in [0.15, 0.2) is 54.6 Å². The lowest BCUT2D eigenvalue weighted by molar-refractivity contribution is 0.161. The molecule has 0 bridgehead atoms. The van der Waals surface area contributed by atoms with Gasteiger partial charge in [-0.1, -0.05) is 42.5 Å². The van der Waals surface area contributed by atoms with E-state index in [0.717, 1.165) is 36.5 Å². The van der Waals surface area contributed by atoms with Crippen LogP contribution in [0, 0.1) is 5.92 Å². The van der Waals surface area contributed by atoms with E-state index in [2.05, 4.69) is 52.3 Å². The minimum Gasteiger partial charge on any atom is -0.342 e. The first-order valence-corrected chi connectivity index (χ1v) is 9.24. The van der Waals surface area contributed by atoms with Crippen molar-refractivity contribution in [2.75, 3.05) is 19.6 Å². The van der Waals surface area contributed by atoms with Crippen molar-refractivity contribution in [2.24, 2.45) is 11.7 Å². The van der Waals surface area contributed by atoms with Crippen LogP contribution >= 0.6 is 0 Å². The van der Waals surface area contributed by atoms with Crippen LogP contribution in [0.25, 0.3) is 11.0 Å². The number of piperidine rings is 1. The van der Waals surface area contributed by atoms with E-state index in [9.17, 15) is 0 Å². The molecule has 0 spiro atoms. The zero-order valence-electron chi connectivity index (χ0n) is 14.6. The molecule has 1 fully saturated rings. The second-order valence-electron chi connectivity index (χ2n) is 7.08. The quantitative estimate of drug-likeness (QED) is 0.750. The molecular weight excluding hydrogens is 308 g/mol. The van der Waals surface area contributed by atoms with Crippen LogP contribution in [0.3, 0.4) is 0 Å². The zero-order valence-corrected chi connectivity index (χ0v) is 14.6. The summed E-state index contributed by atoms with van der Waals surface area (Å²) in [6.45, 7) is 3.97. The summed E-state index contributed by atoms with van der Waals surface area (Å²) >= 11 is 0. The highest BCUT2D eigenvalue weighted by molar-refractivity contribution is 5.74. The number of imidazole rings is 1. The van der Waals surface area contributed by atoms with Gasteiger partial charge in [0.2, 0.25) is 0 Å². The van der Waals surface area contributed by atoms with Gasteiger partial charge in [0.1, 0.15) is 5.82 Å². The highest BCUT2D eigenvalue weighted by atomic mass is 15.1. The first kappa shape index (κ1) is 16.3. The molecule has 0 saturated carbocycles. The van der Waals surface area contributed by atoms with E-state index in [0.29, 0.717) is 18.4 Å². The number of nitrogens with two attached hydrogens (primary N) is 1. The molecule has 1 atom stereocenters. The number of nitrogens with zero attached hydrogens (tertiary/aromatic N) is 2. The van der Waals surface area contributed by atoms with Crippen LogP contribution in [-0.2, 0) is 6.54 Å². The largest absolute Gasteiger partial charge is 0.342 e. The summed E-state index contributed by atoms with van der Waals surface area (Å²) < 4.78 is 0. The third kappa shape index (κ3) is 3.60. The van der Waals surface area contributed by atoms with Crippen molar-refractivity contribution in [2.45, 2.75) is 25.3 Å². The molecule has 2 heterocycles. The molecule has 1 aliphatic rings. The average molecular weight is 334 g/mol. The number of hydrogen-bond donors (Lipinski definition) is 2. The Morgan fingerprint density at radius 3 is 2.48 bits per heavy atom. The second kappa shape index (κ2) is 7.38. The van der Waals surface area contributed by atoms with Crippen molar-refractivity contribution in [3.05, 3.63) is 66.0 Å². The third-order valence-electron chi connectivity index (χ3n) is 5.46. The van der Waals surface area contributed by atoms with Gasteiger partial charge in [-0.3, -0.25) is 4.90 Å². The number of fused-ring (bicyclic) bond motifs is 1. The summed E-state index contributed by atoms with van der Waals surface area (Å²) in [6, 6.07) is 19.0. The van der Waals surface area contributed by atoms with Gasteiger partial charge in [-0.2, -0.15) is 0 Å². The van der Waals surface area contributed by atoms with Gasteiger partial charge in [-0.05, 0) is 49.5 Å². The molecule has 4 heteroatoms. The molecule has 25 heavy (non-hydrogen) atoms. The minimum atomic E-state index is 0.325. The van der Waals surface area contributed by atoms with Gasteiger partial charge in [0, 0.05) is 19.0 Å². The summed E-state index contributed by atoms with van der Waals surface area (Å²) in [5.74, 6) is 1.99. The number of rotatable bonds is 5. The average Bonchev–Trinajstić information content (AvgIpc) is 3.08. The van der Waals surface area contributed by atoms with Crippen LogP contribution in [0.5, 0.6) is 0 Å². The van der Waals surface area contributed by atoms with Crippen molar-refractivity contribution in [1.82, 2.24) is 14.9 Å². The maximum Gasteiger partial charge on any atom is 0.111 e. The van der Waals surface area contributed by atoms with E-state index in [1.54, 1.807) is 0 Å². The van der Waals surface area contributed by atoms with Crippen LogP contribution < -0.4 is 5.73 Å². The highest BCUT2D eigenvalue weighted by Gasteiger charge is 2.28. The summed E-state index contributed by atoms with van der Waals surface area (Å²) in [5, 5.41) is 0. The van der Waals surface area contributed by atoms with Gasteiger partial charge in [0.15, 0.2) is 0 Å². The first-order valence-electron chi connectivity index (χ1n) is 9.24. The predicted molar refractivity (Wildman–Crippen MR) is 102 cm³/mol. The first-order chi connectivity index (χ1) is 12.3. The van der Waals surface area contributed by atoms with E-state index in [1.807, 2.05) is 12.1 Å². The van der Waals surface area contributed by atoms with Crippen LogP contribution in [0.2, 0.25) is 0 Å². The highest BCUT2D eigenvalue weighted by Crippen LogP contribution is 2.32. The standard InChI is InChI=1S/C21H26N4/c22-14-18(21-23-19-8-4-5-9-20(19)24-21)17-10-12-25(13-11-17)15-16-6-2-1-3-7-16/h1-9,17-18H,10-15,22H2,(H,23,24). The van der Waals surface area contributed by atoms with E-state index >= 15 is 0 Å². The van der Waals surface area contributed by atoms with Crippen LogP contribution in [0.1, 0.15) is 30.1 Å². The van der Waals surface area contributed by atoms with Gasteiger partial charge in [-0.25, -0.2) is 4.98 Å². The fourth-order valence-corrected chi connectivity index (χ4v) is 4.03. The summed E-state index contributed by atoms with van der Waals surface area (Å²) in [5.41, 5.74) is 9.69. The van der Waals surface area contributed by atoms with Crippen molar-refractivity contribution in [3.63, 3.8) is 0 Å². The monoisotopic (exact) mass is 334 g/mol. The Kier molecular flexibility index (Phi) is 4.81. The maximum atomic E-state index is 6.14. The van der Waals surface area contributed by atoms with Gasteiger partial charge in [-0.15, -0.1) is 0 Å². The number of aromatic amines is 1. The molecule has 0 aliphatic carbocycles. The van der Waals surface area contributed by atoms with Gasteiger partial charge in [0.25, 0.3) is 0 Å². The Labute approximate surface area is 149 Å². The van der Waals surface area contributed by atoms with E-state index in [1.165, 1.54) is 18.4 Å². The molecule has 3 aromatic rings. The Bertz CT molecular complexity index is 770. The van der Waals surface area contributed by atoms with Gasteiger partial charge in [0.05, 0.1) is 11.0 Å². The number of nitrogens with one attached hydrogen (secondary N) is 1. The molecule has 130 valence electrons. The number of H-pyrrole nitrogens is 1. The third-order valence-corrected chi connectivity index (χ3v) is 5.46. The molecule has 1 aliphatic heterocycles. The molecule has 2 aromatic carbocycles. The molecule has 1 saturated heterocycles. The smallest absolute Gasteiger partial charge is 0.111 e. The topological polar surface area (TPSA) is 57.9 Å². The molecule has 0 amide bonds. The van der Waals surface area contributed by atoms with Crippen LogP contribution in [-0.4, -0.2) is 34.5 Å². The van der Waals surface area contributed by atoms with Gasteiger partial charge < -0.3 is 10.7 Å². The normalized spacial score (nSPS) is 17.8. The lowest BCUT2D eigenvalue weighted by atomic mass is 9.83. The zero-order chi connectivity index (χ0) is 17.1. The minimum absolute atomic E-state index is 0.325. The fourth-order valence-electron chi connectivity index (χ4n) is 4.03. The Balaban J connectivity index is 1.41. The molecule has 4 rings (SSSR count). The molecule has 4 nitrogen and oxygen atoms in total. The summed E-state index contributed by atoms with van der Waals surface area (Å²) in [6.07, 6.45) is 2.37. The Morgan fingerprint density at radius 2 is 1.76 bits per heavy atom. The fraction of sp³-hybridized carbons (Fsp3) is 0.381. The number of benzene rings is 2. The molecule has 1 aromatic heterocycles. The number of hydrogen-bond acceptors (Lipinski definition) is 3. The molecule has 0 radical (unpaired) electrons. The summed E-state index contributed by atoms with van der Waals surface area (Å²) in [4.78, 5) is 10.8. The molecular formula is C21H26N4. The maximum absolute atomic E-state index is 6.14. The lowest BCUT2D eigenvalue weighted by Gasteiger charge is -2.35. The Hall–Kier alpha value is -2.17. The second-order valence-corrected chi connectivity index (χ2v) is 7.08. The van der Waals surface area contributed by atoms with Gasteiger partial charge >= 0.3 is 0 Å². The Morgan fingerprint density at radius 1 is 1.04 bits per heavy atom. The van der Waals surface area contributed by atoms with Crippen molar-refractivity contribution < 1.29 is 0 Å². The summed E-state index contributed by atoms with van der Waals surface area (Å²) in [7, 11) is 0. The number of likely N-dealkylation sites (tertiary alicyclic amines) is 1. The van der Waals surface area contributed by atoms with Crippen molar-refractivity contribution in [3.8, 4) is 0 Å². The lowest BCUT2D eigenvalue weighted by Crippen LogP contribution is -2.37. The predicted octanol–water partition coefficient (Wildman–Crippen LogP) is 3.52. The van der Waals surface area contributed by atoms with E-state index in [4.69, 9.17) is 10.7 Å².